The zero-order valence-electron chi connectivity index (χ0n) is 9.64. The van der Waals surface area contributed by atoms with Crippen molar-refractivity contribution in [2.75, 3.05) is 6.61 Å². The van der Waals surface area contributed by atoms with Gasteiger partial charge in [-0.1, -0.05) is 6.08 Å². The van der Waals surface area contributed by atoms with E-state index in [4.69, 9.17) is 10.1 Å². The topological polar surface area (TPSA) is 74.7 Å². The van der Waals surface area contributed by atoms with Gasteiger partial charge in [0.15, 0.2) is 10.7 Å². The first-order chi connectivity index (χ1) is 7.46. The van der Waals surface area contributed by atoms with Crippen LogP contribution >= 0.6 is 0 Å². The van der Waals surface area contributed by atoms with Crippen molar-refractivity contribution < 1.29 is 14.6 Å². The maximum atomic E-state index is 11.6. The second kappa shape index (κ2) is 6.62. The van der Waals surface area contributed by atoms with E-state index in [0.29, 0.717) is 6.42 Å². The standard InChI is InChI=1S/C11H16N2O3/c1-4-5-6-7-16-10(15)11(2,3)9(14)8-13-12/h4,8H,1,5-7H2,2-3H3/p+1/b9-8-. The number of diazo groups is 1. The zero-order chi connectivity index (χ0) is 12.6. The molecular weight excluding hydrogens is 208 g/mol. The average molecular weight is 225 g/mol. The molecule has 0 spiro atoms. The first-order valence-electron chi connectivity index (χ1n) is 4.98. The van der Waals surface area contributed by atoms with Crippen LogP contribution in [0.25, 0.3) is 4.98 Å². The molecule has 0 aromatic rings. The molecule has 16 heavy (non-hydrogen) atoms. The van der Waals surface area contributed by atoms with Gasteiger partial charge in [0.2, 0.25) is 5.39 Å². The highest BCUT2D eigenvalue weighted by Gasteiger charge is 2.36. The molecule has 0 fully saturated rings. The van der Waals surface area contributed by atoms with E-state index in [2.05, 4.69) is 11.6 Å². The number of aliphatic hydroxyl groups excluding tert-OH is 1. The van der Waals surface area contributed by atoms with Gasteiger partial charge in [-0.2, -0.15) is 0 Å². The van der Waals surface area contributed by atoms with E-state index in [1.165, 1.54) is 13.8 Å². The molecule has 0 aliphatic rings. The lowest BCUT2D eigenvalue weighted by Crippen LogP contribution is -2.29. The van der Waals surface area contributed by atoms with Crippen molar-refractivity contribution in [3.63, 3.8) is 0 Å². The molecule has 0 aromatic carbocycles. The Hall–Kier alpha value is -1.83. The fourth-order valence-corrected chi connectivity index (χ4v) is 0.894. The molecule has 0 radical (unpaired) electrons. The Kier molecular flexibility index (Phi) is 5.86. The van der Waals surface area contributed by atoms with Crippen LogP contribution in [0.3, 0.4) is 0 Å². The predicted molar refractivity (Wildman–Crippen MR) is 60.0 cm³/mol. The fourth-order valence-electron chi connectivity index (χ4n) is 0.894. The number of unbranched alkanes of at least 4 members (excludes halogenated alkanes) is 1. The predicted octanol–water partition coefficient (Wildman–Crippen LogP) is 2.77. The molecule has 0 aromatic heterocycles. The summed E-state index contributed by atoms with van der Waals surface area (Å²) in [6.45, 7) is 6.80. The second-order valence-corrected chi connectivity index (χ2v) is 3.82. The third-order valence-corrected chi connectivity index (χ3v) is 2.12. The molecule has 5 nitrogen and oxygen atoms in total. The molecule has 0 unspecified atom stereocenters. The van der Waals surface area contributed by atoms with Crippen molar-refractivity contribution in [1.29, 1.82) is 5.39 Å². The lowest BCUT2D eigenvalue weighted by Gasteiger charge is -2.19. The van der Waals surface area contributed by atoms with E-state index in [1.807, 2.05) is 0 Å². The summed E-state index contributed by atoms with van der Waals surface area (Å²) in [4.78, 5) is 14.2. The van der Waals surface area contributed by atoms with E-state index in [0.717, 1.165) is 12.6 Å². The van der Waals surface area contributed by atoms with Crippen LogP contribution in [-0.2, 0) is 9.53 Å². The largest absolute Gasteiger partial charge is 0.505 e. The third-order valence-electron chi connectivity index (χ3n) is 2.12. The summed E-state index contributed by atoms with van der Waals surface area (Å²) in [5, 5.41) is 17.7. The van der Waals surface area contributed by atoms with Crippen molar-refractivity contribution in [3.05, 3.63) is 29.6 Å². The number of carbonyl (C=O) groups excluding carboxylic acids is 1. The van der Waals surface area contributed by atoms with Gasteiger partial charge >= 0.3 is 12.2 Å². The molecule has 0 aliphatic carbocycles. The minimum Gasteiger partial charge on any atom is -0.505 e. The van der Waals surface area contributed by atoms with Crippen molar-refractivity contribution in [2.24, 2.45) is 5.41 Å². The molecule has 1 N–H and O–H groups in total. The molecule has 5 heteroatoms. The van der Waals surface area contributed by atoms with Gasteiger partial charge in [-0.05, 0) is 26.7 Å². The SMILES string of the molecule is C=CCCCOC(=O)C(C)(C)/C(O)=C/[N+]#N. The second-order valence-electron chi connectivity index (χ2n) is 3.82. The van der Waals surface area contributed by atoms with E-state index >= 15 is 0 Å². The quantitative estimate of drug-likeness (QED) is 0.248. The molecule has 0 saturated carbocycles. The van der Waals surface area contributed by atoms with Crippen LogP contribution in [0.15, 0.2) is 24.6 Å². The average Bonchev–Trinajstić information content (AvgIpc) is 2.24. The molecule has 0 heterocycles. The van der Waals surface area contributed by atoms with Crippen LogP contribution in [0.4, 0.5) is 0 Å². The van der Waals surface area contributed by atoms with Gasteiger partial charge in [-0.3, -0.25) is 4.79 Å². The van der Waals surface area contributed by atoms with E-state index in [-0.39, 0.29) is 12.4 Å². The maximum Gasteiger partial charge on any atom is 0.388 e. The third kappa shape index (κ3) is 4.13. The molecule has 0 atom stereocenters. The van der Waals surface area contributed by atoms with Crippen molar-refractivity contribution in [1.82, 2.24) is 0 Å². The first-order valence-corrected chi connectivity index (χ1v) is 4.98. The summed E-state index contributed by atoms with van der Waals surface area (Å²) < 4.78 is 4.97. The lowest BCUT2D eigenvalue weighted by molar-refractivity contribution is -0.153. The number of hydrogen-bond donors (Lipinski definition) is 1. The van der Waals surface area contributed by atoms with Gasteiger partial charge in [-0.25, -0.2) is 0 Å². The Morgan fingerprint density at radius 2 is 2.25 bits per heavy atom. The number of allylic oxidation sites excluding steroid dienone is 1. The monoisotopic (exact) mass is 225 g/mol. The Labute approximate surface area is 95.0 Å². The van der Waals surface area contributed by atoms with Crippen LogP contribution < -0.4 is 0 Å². The Morgan fingerprint density at radius 3 is 2.75 bits per heavy atom. The molecule has 0 bridgehead atoms. The number of carbonyl (C=O) groups is 1. The summed E-state index contributed by atoms with van der Waals surface area (Å²) in [6.07, 6.45) is 4.01. The van der Waals surface area contributed by atoms with Crippen LogP contribution in [-0.4, -0.2) is 17.7 Å². The normalized spacial score (nSPS) is 11.7. The molecule has 0 amide bonds. The summed E-state index contributed by atoms with van der Waals surface area (Å²) in [7, 11) is 0. The van der Waals surface area contributed by atoms with E-state index in [9.17, 15) is 9.90 Å². The van der Waals surface area contributed by atoms with Gasteiger partial charge in [0.05, 0.1) is 6.61 Å². The molecule has 0 rings (SSSR count). The number of aliphatic hydroxyl groups is 1. The number of esters is 1. The van der Waals surface area contributed by atoms with E-state index in [1.54, 1.807) is 6.08 Å². The highest BCUT2D eigenvalue weighted by atomic mass is 16.5. The lowest BCUT2D eigenvalue weighted by atomic mass is 9.91. The fraction of sp³-hybridized carbons (Fsp3) is 0.545. The van der Waals surface area contributed by atoms with Gasteiger partial charge in [0.1, 0.15) is 5.41 Å². The summed E-state index contributed by atoms with van der Waals surface area (Å²) in [5.74, 6) is -0.905. The van der Waals surface area contributed by atoms with Gasteiger partial charge in [0.25, 0.3) is 0 Å². The van der Waals surface area contributed by atoms with Crippen LogP contribution in [0.1, 0.15) is 26.7 Å². The minimum absolute atomic E-state index is 0.276. The van der Waals surface area contributed by atoms with Gasteiger partial charge < -0.3 is 9.84 Å². The van der Waals surface area contributed by atoms with Crippen molar-refractivity contribution in [2.45, 2.75) is 26.7 Å². The number of hydrogen-bond acceptors (Lipinski definition) is 4. The maximum absolute atomic E-state index is 11.6. The smallest absolute Gasteiger partial charge is 0.388 e. The molecular formula is C11H17N2O3+. The molecule has 0 aliphatic heterocycles. The first kappa shape index (κ1) is 14.2. The van der Waals surface area contributed by atoms with Crippen molar-refractivity contribution in [3.8, 4) is 0 Å². The Bertz CT molecular complexity index is 327. The highest BCUT2D eigenvalue weighted by molar-refractivity contribution is 5.79. The van der Waals surface area contributed by atoms with Crippen LogP contribution in [0, 0.1) is 10.8 Å². The van der Waals surface area contributed by atoms with E-state index < -0.39 is 11.4 Å². The number of nitrogens with zero attached hydrogens (tertiary/aromatic N) is 2. The zero-order valence-corrected chi connectivity index (χ0v) is 9.64. The van der Waals surface area contributed by atoms with Crippen LogP contribution in [0.5, 0.6) is 0 Å². The van der Waals surface area contributed by atoms with Gasteiger partial charge in [-0.15, -0.1) is 6.58 Å². The summed E-state index contributed by atoms with van der Waals surface area (Å²) in [5.41, 5.74) is -1.21. The molecule has 88 valence electrons. The van der Waals surface area contributed by atoms with Crippen molar-refractivity contribution >= 4 is 5.97 Å². The Morgan fingerprint density at radius 1 is 1.62 bits per heavy atom. The Balaban J connectivity index is 4.31. The number of ether oxygens (including phenoxy) is 1. The highest BCUT2D eigenvalue weighted by Crippen LogP contribution is 2.26. The summed E-state index contributed by atoms with van der Waals surface area (Å²) in [6, 6.07) is 0. The molecule has 0 saturated heterocycles. The summed E-state index contributed by atoms with van der Waals surface area (Å²) >= 11 is 0. The number of rotatable bonds is 6. The minimum atomic E-state index is -1.21. The van der Waals surface area contributed by atoms with Crippen LogP contribution in [0.2, 0.25) is 0 Å². The van der Waals surface area contributed by atoms with Gasteiger partial charge in [0, 0.05) is 0 Å².